The Hall–Kier alpha value is -1.03. The van der Waals surface area contributed by atoms with Crippen LogP contribution >= 0.6 is 11.3 Å². The van der Waals surface area contributed by atoms with Gasteiger partial charge >= 0.3 is 6.03 Å². The number of rotatable bonds is 3. The summed E-state index contributed by atoms with van der Waals surface area (Å²) in [5.41, 5.74) is 1.20. The molecule has 0 atom stereocenters. The molecule has 2 rings (SSSR count). The molecule has 0 radical (unpaired) electrons. The zero-order chi connectivity index (χ0) is 10.7. The van der Waals surface area contributed by atoms with Gasteiger partial charge in [0.2, 0.25) is 0 Å². The van der Waals surface area contributed by atoms with Crippen LogP contribution in [-0.4, -0.2) is 24.0 Å². The number of carbonyl (C=O) groups excluding carboxylic acids is 1. The fourth-order valence-corrected chi connectivity index (χ4v) is 2.23. The molecule has 0 unspecified atom stereocenters. The van der Waals surface area contributed by atoms with Crippen molar-refractivity contribution in [3.05, 3.63) is 22.4 Å². The van der Waals surface area contributed by atoms with E-state index in [2.05, 4.69) is 16.8 Å². The summed E-state index contributed by atoms with van der Waals surface area (Å²) < 4.78 is 0. The van der Waals surface area contributed by atoms with Crippen LogP contribution in [0.4, 0.5) is 4.79 Å². The maximum Gasteiger partial charge on any atom is 0.317 e. The van der Waals surface area contributed by atoms with Gasteiger partial charge in [0.05, 0.1) is 0 Å². The smallest absolute Gasteiger partial charge is 0.317 e. The van der Waals surface area contributed by atoms with Crippen molar-refractivity contribution in [3.63, 3.8) is 0 Å². The molecule has 0 spiro atoms. The fourth-order valence-electron chi connectivity index (χ4n) is 1.57. The van der Waals surface area contributed by atoms with Crippen LogP contribution in [0.2, 0.25) is 0 Å². The molecule has 1 aliphatic rings. The second kappa shape index (κ2) is 4.66. The Balaban J connectivity index is 1.79. The van der Waals surface area contributed by atoms with Crippen LogP contribution < -0.4 is 5.32 Å². The summed E-state index contributed by atoms with van der Waals surface area (Å²) in [6.45, 7) is 0.696. The minimum Gasteiger partial charge on any atom is -0.335 e. The summed E-state index contributed by atoms with van der Waals surface area (Å²) in [5, 5.41) is 7.13. The third-order valence-corrected chi connectivity index (χ3v) is 3.51. The Labute approximate surface area is 94.1 Å². The lowest BCUT2D eigenvalue weighted by atomic mass is 9.93. The van der Waals surface area contributed by atoms with Crippen molar-refractivity contribution in [3.8, 4) is 0 Å². The number of hydrogen-bond acceptors (Lipinski definition) is 2. The molecule has 2 amide bonds. The van der Waals surface area contributed by atoms with Crippen molar-refractivity contribution in [1.82, 2.24) is 10.2 Å². The third kappa shape index (κ3) is 2.72. The van der Waals surface area contributed by atoms with Crippen molar-refractivity contribution in [1.29, 1.82) is 0 Å². The molecular weight excluding hydrogens is 208 g/mol. The number of carbonyl (C=O) groups is 1. The van der Waals surface area contributed by atoms with Crippen LogP contribution in [-0.2, 0) is 6.54 Å². The largest absolute Gasteiger partial charge is 0.335 e. The first-order valence-corrected chi connectivity index (χ1v) is 6.22. The number of nitrogens with zero attached hydrogens (tertiary/aromatic N) is 1. The molecule has 15 heavy (non-hydrogen) atoms. The molecule has 1 heterocycles. The highest BCUT2D eigenvalue weighted by Gasteiger charge is 2.20. The minimum atomic E-state index is 0.0471. The van der Waals surface area contributed by atoms with E-state index in [9.17, 15) is 4.79 Å². The molecule has 1 N–H and O–H groups in total. The molecular formula is C11H16N2OS. The number of hydrogen-bond donors (Lipinski definition) is 1. The van der Waals surface area contributed by atoms with E-state index in [4.69, 9.17) is 0 Å². The lowest BCUT2D eigenvalue weighted by Crippen LogP contribution is -2.45. The highest BCUT2D eigenvalue weighted by Crippen LogP contribution is 2.18. The van der Waals surface area contributed by atoms with Gasteiger partial charge in [-0.2, -0.15) is 11.3 Å². The summed E-state index contributed by atoms with van der Waals surface area (Å²) in [7, 11) is 1.84. The molecule has 0 saturated heterocycles. The number of urea groups is 1. The summed E-state index contributed by atoms with van der Waals surface area (Å²) in [4.78, 5) is 13.4. The molecule has 0 aromatic carbocycles. The fraction of sp³-hybridized carbons (Fsp3) is 0.545. The standard InChI is InChI=1S/C11H16N2OS/c1-13(7-9-5-6-15-8-9)11(14)12-10-3-2-4-10/h5-6,8,10H,2-4,7H2,1H3,(H,12,14). The lowest BCUT2D eigenvalue weighted by Gasteiger charge is -2.29. The minimum absolute atomic E-state index is 0.0471. The van der Waals surface area contributed by atoms with Crippen molar-refractivity contribution >= 4 is 17.4 Å². The molecule has 0 bridgehead atoms. The van der Waals surface area contributed by atoms with Gasteiger partial charge in [0.1, 0.15) is 0 Å². The van der Waals surface area contributed by atoms with Crippen molar-refractivity contribution in [2.75, 3.05) is 7.05 Å². The first-order chi connectivity index (χ1) is 7.25. The molecule has 1 aliphatic carbocycles. The summed E-state index contributed by atoms with van der Waals surface area (Å²) in [6, 6.07) is 2.52. The highest BCUT2D eigenvalue weighted by atomic mass is 32.1. The first-order valence-electron chi connectivity index (χ1n) is 5.28. The Bertz CT molecular complexity index is 319. The van der Waals surface area contributed by atoms with E-state index < -0.39 is 0 Å². The van der Waals surface area contributed by atoms with Gasteiger partial charge in [0.25, 0.3) is 0 Å². The number of nitrogens with one attached hydrogen (secondary N) is 1. The Kier molecular flexibility index (Phi) is 3.26. The van der Waals surface area contributed by atoms with E-state index in [1.54, 1.807) is 16.2 Å². The molecule has 1 aromatic rings. The third-order valence-electron chi connectivity index (χ3n) is 2.78. The summed E-state index contributed by atoms with van der Waals surface area (Å²) >= 11 is 1.66. The van der Waals surface area contributed by atoms with E-state index in [-0.39, 0.29) is 6.03 Å². The first kappa shape index (κ1) is 10.5. The van der Waals surface area contributed by atoms with E-state index in [1.807, 2.05) is 12.4 Å². The van der Waals surface area contributed by atoms with Gasteiger partial charge < -0.3 is 10.2 Å². The van der Waals surface area contributed by atoms with Crippen LogP contribution in [0.25, 0.3) is 0 Å². The van der Waals surface area contributed by atoms with Gasteiger partial charge in [-0.15, -0.1) is 0 Å². The normalized spacial score (nSPS) is 15.8. The molecule has 1 saturated carbocycles. The van der Waals surface area contributed by atoms with Crippen LogP contribution in [0.3, 0.4) is 0 Å². The van der Waals surface area contributed by atoms with Crippen LogP contribution in [0.5, 0.6) is 0 Å². The van der Waals surface area contributed by atoms with E-state index >= 15 is 0 Å². The van der Waals surface area contributed by atoms with Gasteiger partial charge in [-0.3, -0.25) is 0 Å². The molecule has 3 nitrogen and oxygen atoms in total. The van der Waals surface area contributed by atoms with Crippen molar-refractivity contribution in [2.45, 2.75) is 31.8 Å². The molecule has 4 heteroatoms. The molecule has 0 aliphatic heterocycles. The Morgan fingerprint density at radius 2 is 2.47 bits per heavy atom. The van der Waals surface area contributed by atoms with E-state index in [0.717, 1.165) is 12.8 Å². The molecule has 82 valence electrons. The number of amides is 2. The second-order valence-corrected chi connectivity index (χ2v) is 4.85. The predicted octanol–water partition coefficient (Wildman–Crippen LogP) is 2.44. The SMILES string of the molecule is CN(Cc1ccsc1)C(=O)NC1CCC1. The summed E-state index contributed by atoms with van der Waals surface area (Å²) in [6.07, 6.45) is 3.52. The van der Waals surface area contributed by atoms with Gasteiger partial charge in [0, 0.05) is 19.6 Å². The summed E-state index contributed by atoms with van der Waals surface area (Å²) in [5.74, 6) is 0. The second-order valence-electron chi connectivity index (χ2n) is 4.06. The van der Waals surface area contributed by atoms with Gasteiger partial charge in [-0.25, -0.2) is 4.79 Å². The van der Waals surface area contributed by atoms with Crippen LogP contribution in [0.1, 0.15) is 24.8 Å². The van der Waals surface area contributed by atoms with Crippen LogP contribution in [0, 0.1) is 0 Å². The maximum absolute atomic E-state index is 11.7. The van der Waals surface area contributed by atoms with Crippen molar-refractivity contribution in [2.24, 2.45) is 0 Å². The predicted molar refractivity (Wildman–Crippen MR) is 62.0 cm³/mol. The lowest BCUT2D eigenvalue weighted by molar-refractivity contribution is 0.195. The van der Waals surface area contributed by atoms with Crippen molar-refractivity contribution < 1.29 is 4.79 Å². The zero-order valence-electron chi connectivity index (χ0n) is 8.90. The Morgan fingerprint density at radius 3 is 3.00 bits per heavy atom. The van der Waals surface area contributed by atoms with Crippen LogP contribution in [0.15, 0.2) is 16.8 Å². The Morgan fingerprint density at radius 1 is 1.67 bits per heavy atom. The number of thiophene rings is 1. The van der Waals surface area contributed by atoms with E-state index in [1.165, 1.54) is 12.0 Å². The average Bonchev–Trinajstić information content (AvgIpc) is 2.63. The van der Waals surface area contributed by atoms with Gasteiger partial charge in [-0.1, -0.05) is 0 Å². The van der Waals surface area contributed by atoms with Gasteiger partial charge in [0.15, 0.2) is 0 Å². The topological polar surface area (TPSA) is 32.3 Å². The quantitative estimate of drug-likeness (QED) is 0.840. The van der Waals surface area contributed by atoms with E-state index in [0.29, 0.717) is 12.6 Å². The molecule has 1 fully saturated rings. The maximum atomic E-state index is 11.7. The monoisotopic (exact) mass is 224 g/mol. The zero-order valence-corrected chi connectivity index (χ0v) is 9.72. The average molecular weight is 224 g/mol. The molecule has 1 aromatic heterocycles. The van der Waals surface area contributed by atoms with Gasteiger partial charge in [-0.05, 0) is 41.7 Å². The highest BCUT2D eigenvalue weighted by molar-refractivity contribution is 7.07.